The lowest BCUT2D eigenvalue weighted by Crippen LogP contribution is -2.10. The Labute approximate surface area is 122 Å². The van der Waals surface area contributed by atoms with Gasteiger partial charge in [-0.1, -0.05) is 17.9 Å². The van der Waals surface area contributed by atoms with Crippen LogP contribution < -0.4 is 11.1 Å². The molecule has 3 N–H and O–H groups in total. The predicted molar refractivity (Wildman–Crippen MR) is 81.9 cm³/mol. The second-order valence-corrected chi connectivity index (χ2v) is 5.47. The van der Waals surface area contributed by atoms with Gasteiger partial charge in [-0.3, -0.25) is 4.79 Å². The molecule has 4 nitrogen and oxygen atoms in total. The predicted octanol–water partition coefficient (Wildman–Crippen LogP) is 2.32. The van der Waals surface area contributed by atoms with Crippen molar-refractivity contribution in [2.24, 2.45) is 5.73 Å². The second kappa shape index (κ2) is 6.33. The maximum atomic E-state index is 12.0. The fourth-order valence-electron chi connectivity index (χ4n) is 1.64. The fourth-order valence-corrected chi connectivity index (χ4v) is 2.31. The largest absolute Gasteiger partial charge is 0.321 e. The van der Waals surface area contributed by atoms with E-state index in [0.29, 0.717) is 17.1 Å². The monoisotopic (exact) mass is 285 g/mol. The van der Waals surface area contributed by atoms with Gasteiger partial charge in [-0.05, 0) is 31.5 Å². The van der Waals surface area contributed by atoms with Crippen molar-refractivity contribution >= 4 is 22.9 Å². The van der Waals surface area contributed by atoms with Crippen LogP contribution in [0.2, 0.25) is 0 Å². The van der Waals surface area contributed by atoms with Gasteiger partial charge in [0, 0.05) is 11.3 Å². The van der Waals surface area contributed by atoms with Crippen molar-refractivity contribution < 1.29 is 4.79 Å². The van der Waals surface area contributed by atoms with E-state index in [4.69, 9.17) is 5.73 Å². The zero-order valence-electron chi connectivity index (χ0n) is 11.4. The molecule has 0 atom stereocenters. The summed E-state index contributed by atoms with van der Waals surface area (Å²) in [5, 5.41) is 3.72. The van der Waals surface area contributed by atoms with Crippen LogP contribution >= 0.6 is 11.3 Å². The Kier molecular flexibility index (Phi) is 4.51. The molecule has 0 aliphatic rings. The highest BCUT2D eigenvalue weighted by Crippen LogP contribution is 2.17. The van der Waals surface area contributed by atoms with E-state index in [9.17, 15) is 4.79 Å². The smallest absolute Gasteiger partial charge is 0.267 e. The number of thiazole rings is 1. The summed E-state index contributed by atoms with van der Waals surface area (Å²) in [6.45, 7) is 4.16. The summed E-state index contributed by atoms with van der Waals surface area (Å²) in [6.07, 6.45) is 1.58. The van der Waals surface area contributed by atoms with E-state index in [1.165, 1.54) is 11.3 Å². The quantitative estimate of drug-likeness (QED) is 0.832. The third-order valence-corrected chi connectivity index (χ3v) is 3.58. The Bertz CT molecular complexity index is 695. The molecule has 0 bridgehead atoms. The minimum Gasteiger partial charge on any atom is -0.321 e. The standard InChI is InChI=1S/C15H15N3OS/c1-10-5-6-13(8-12(10)4-3-7-16)18-15(19)14-9-17-11(2)20-14/h5-6,8-9H,7,16H2,1-2H3,(H,18,19). The van der Waals surface area contributed by atoms with Gasteiger partial charge in [-0.25, -0.2) is 4.98 Å². The summed E-state index contributed by atoms with van der Waals surface area (Å²) in [5.41, 5.74) is 8.01. The lowest BCUT2D eigenvalue weighted by atomic mass is 10.1. The van der Waals surface area contributed by atoms with Crippen LogP contribution in [-0.4, -0.2) is 17.4 Å². The summed E-state index contributed by atoms with van der Waals surface area (Å²) < 4.78 is 0. The van der Waals surface area contributed by atoms with E-state index in [-0.39, 0.29) is 5.91 Å². The van der Waals surface area contributed by atoms with Crippen LogP contribution in [0.15, 0.2) is 24.4 Å². The highest BCUT2D eigenvalue weighted by molar-refractivity contribution is 7.13. The minimum absolute atomic E-state index is 0.155. The summed E-state index contributed by atoms with van der Waals surface area (Å²) >= 11 is 1.37. The second-order valence-electron chi connectivity index (χ2n) is 4.23. The topological polar surface area (TPSA) is 68.0 Å². The molecule has 0 saturated carbocycles. The van der Waals surface area contributed by atoms with Crippen molar-refractivity contribution in [3.8, 4) is 11.8 Å². The number of nitrogens with zero attached hydrogens (tertiary/aromatic N) is 1. The number of aryl methyl sites for hydroxylation is 2. The van der Waals surface area contributed by atoms with Crippen molar-refractivity contribution in [3.63, 3.8) is 0 Å². The first-order valence-electron chi connectivity index (χ1n) is 6.13. The number of carbonyl (C=O) groups is 1. The first kappa shape index (κ1) is 14.3. The molecular weight excluding hydrogens is 270 g/mol. The number of amides is 1. The molecule has 2 aromatic rings. The van der Waals surface area contributed by atoms with Crippen molar-refractivity contribution in [1.82, 2.24) is 4.98 Å². The SMILES string of the molecule is Cc1ncc(C(=O)Nc2ccc(C)c(C#CCN)c2)s1. The third kappa shape index (κ3) is 3.44. The zero-order valence-corrected chi connectivity index (χ0v) is 12.2. The molecule has 1 aromatic carbocycles. The lowest BCUT2D eigenvalue weighted by molar-refractivity contribution is 0.103. The van der Waals surface area contributed by atoms with Crippen LogP contribution in [0.1, 0.15) is 25.8 Å². The van der Waals surface area contributed by atoms with Crippen molar-refractivity contribution in [1.29, 1.82) is 0 Å². The summed E-state index contributed by atoms with van der Waals surface area (Å²) in [5.74, 6) is 5.66. The Balaban J connectivity index is 2.19. The van der Waals surface area contributed by atoms with E-state index in [0.717, 1.165) is 16.1 Å². The van der Waals surface area contributed by atoms with Gasteiger partial charge in [0.05, 0.1) is 17.7 Å². The Morgan fingerprint density at radius 3 is 2.90 bits per heavy atom. The van der Waals surface area contributed by atoms with Gasteiger partial charge in [-0.15, -0.1) is 11.3 Å². The van der Waals surface area contributed by atoms with Gasteiger partial charge in [0.1, 0.15) is 4.88 Å². The number of benzene rings is 1. The van der Waals surface area contributed by atoms with E-state index < -0.39 is 0 Å². The average molecular weight is 285 g/mol. The van der Waals surface area contributed by atoms with Crippen LogP contribution in [0.25, 0.3) is 0 Å². The van der Waals surface area contributed by atoms with Gasteiger partial charge in [0.2, 0.25) is 0 Å². The van der Waals surface area contributed by atoms with Crippen LogP contribution in [0.4, 0.5) is 5.69 Å². The van der Waals surface area contributed by atoms with Gasteiger partial charge < -0.3 is 11.1 Å². The molecule has 1 aromatic heterocycles. The first-order chi connectivity index (χ1) is 9.60. The number of hydrogen-bond acceptors (Lipinski definition) is 4. The molecule has 5 heteroatoms. The summed E-state index contributed by atoms with van der Waals surface area (Å²) in [6, 6.07) is 5.63. The molecule has 20 heavy (non-hydrogen) atoms. The maximum Gasteiger partial charge on any atom is 0.267 e. The van der Waals surface area contributed by atoms with E-state index in [1.807, 2.05) is 32.0 Å². The fraction of sp³-hybridized carbons (Fsp3) is 0.200. The number of aromatic nitrogens is 1. The molecule has 1 heterocycles. The molecule has 102 valence electrons. The van der Waals surface area contributed by atoms with Crippen LogP contribution in [0.5, 0.6) is 0 Å². The van der Waals surface area contributed by atoms with Gasteiger partial charge >= 0.3 is 0 Å². The van der Waals surface area contributed by atoms with Crippen molar-refractivity contribution in [2.45, 2.75) is 13.8 Å². The van der Waals surface area contributed by atoms with E-state index in [2.05, 4.69) is 22.1 Å². The van der Waals surface area contributed by atoms with Crippen LogP contribution in [-0.2, 0) is 0 Å². The molecular formula is C15H15N3OS. The number of nitrogens with two attached hydrogens (primary N) is 1. The molecule has 0 saturated heterocycles. The summed E-state index contributed by atoms with van der Waals surface area (Å²) in [7, 11) is 0. The van der Waals surface area contributed by atoms with Crippen LogP contribution in [0.3, 0.4) is 0 Å². The highest BCUT2D eigenvalue weighted by atomic mass is 32.1. The van der Waals surface area contributed by atoms with Crippen LogP contribution in [0, 0.1) is 25.7 Å². The van der Waals surface area contributed by atoms with E-state index in [1.54, 1.807) is 6.20 Å². The molecule has 0 spiro atoms. The van der Waals surface area contributed by atoms with Crippen molar-refractivity contribution in [3.05, 3.63) is 45.4 Å². The molecule has 0 aliphatic heterocycles. The normalized spacial score (nSPS) is 9.75. The molecule has 2 rings (SSSR count). The Hall–Kier alpha value is -2.16. The number of anilines is 1. The average Bonchev–Trinajstić information content (AvgIpc) is 2.86. The minimum atomic E-state index is -0.155. The highest BCUT2D eigenvalue weighted by Gasteiger charge is 2.09. The van der Waals surface area contributed by atoms with E-state index >= 15 is 0 Å². The molecule has 0 aliphatic carbocycles. The zero-order chi connectivity index (χ0) is 14.5. The number of rotatable bonds is 2. The molecule has 0 radical (unpaired) electrons. The maximum absolute atomic E-state index is 12.0. The Morgan fingerprint density at radius 2 is 2.25 bits per heavy atom. The number of hydrogen-bond donors (Lipinski definition) is 2. The molecule has 1 amide bonds. The van der Waals surface area contributed by atoms with Crippen molar-refractivity contribution in [2.75, 3.05) is 11.9 Å². The number of carbonyl (C=O) groups excluding carboxylic acids is 1. The van der Waals surface area contributed by atoms with Gasteiger partial charge in [0.15, 0.2) is 0 Å². The molecule has 0 unspecified atom stereocenters. The molecule has 0 fully saturated rings. The van der Waals surface area contributed by atoms with Gasteiger partial charge in [-0.2, -0.15) is 0 Å². The Morgan fingerprint density at radius 1 is 1.45 bits per heavy atom. The summed E-state index contributed by atoms with van der Waals surface area (Å²) in [4.78, 5) is 16.7. The van der Waals surface area contributed by atoms with Gasteiger partial charge in [0.25, 0.3) is 5.91 Å². The third-order valence-electron chi connectivity index (χ3n) is 2.67. The lowest BCUT2D eigenvalue weighted by Gasteiger charge is -2.05. The number of nitrogens with one attached hydrogen (secondary N) is 1. The first-order valence-corrected chi connectivity index (χ1v) is 6.95.